The van der Waals surface area contributed by atoms with Gasteiger partial charge >= 0.3 is 0 Å². The lowest BCUT2D eigenvalue weighted by atomic mass is 10.1. The molecule has 1 aromatic rings. The van der Waals surface area contributed by atoms with Gasteiger partial charge in [-0.05, 0) is 18.6 Å². The maximum Gasteiger partial charge on any atom is 0.169 e. The van der Waals surface area contributed by atoms with Gasteiger partial charge in [-0.2, -0.15) is 4.89 Å². The number of aromatic hydroxyl groups is 1. The topological polar surface area (TPSA) is 38.7 Å². The predicted octanol–water partition coefficient (Wildman–Crippen LogP) is 4.06. The molecule has 0 atom stereocenters. The van der Waals surface area contributed by atoms with E-state index in [0.717, 1.165) is 6.42 Å². The number of benzene rings is 1. The van der Waals surface area contributed by atoms with Crippen molar-refractivity contribution < 1.29 is 14.9 Å². The molecule has 0 aliphatic carbocycles. The molecule has 0 unspecified atom stereocenters. The van der Waals surface area contributed by atoms with Crippen LogP contribution in [-0.4, -0.2) is 11.7 Å². The highest BCUT2D eigenvalue weighted by Gasteiger charge is 1.96. The molecule has 0 amide bonds. The summed E-state index contributed by atoms with van der Waals surface area (Å²) in [4.78, 5) is 10.1. The number of phenols is 1. The third kappa shape index (κ3) is 6.84. The van der Waals surface area contributed by atoms with E-state index in [2.05, 4.69) is 6.92 Å². The largest absolute Gasteiger partial charge is 0.508 e. The first-order valence-electron chi connectivity index (χ1n) is 6.41. The molecule has 0 fully saturated rings. The second kappa shape index (κ2) is 8.88. The van der Waals surface area contributed by atoms with Crippen LogP contribution in [0.15, 0.2) is 24.3 Å². The van der Waals surface area contributed by atoms with Crippen LogP contribution in [0.1, 0.15) is 45.4 Å². The van der Waals surface area contributed by atoms with E-state index in [9.17, 15) is 5.11 Å². The molecule has 0 aliphatic rings. The Kier molecular flexibility index (Phi) is 7.23. The van der Waals surface area contributed by atoms with E-state index in [1.807, 2.05) is 0 Å². The van der Waals surface area contributed by atoms with Gasteiger partial charge in [0.05, 0.1) is 6.61 Å². The quantitative estimate of drug-likeness (QED) is 0.400. The van der Waals surface area contributed by atoms with Crippen molar-refractivity contribution in [3.63, 3.8) is 0 Å². The fourth-order valence-electron chi connectivity index (χ4n) is 1.59. The molecular weight excluding hydrogens is 216 g/mol. The van der Waals surface area contributed by atoms with Crippen LogP contribution in [-0.2, 0) is 4.89 Å². The van der Waals surface area contributed by atoms with Gasteiger partial charge in [0, 0.05) is 6.07 Å². The summed E-state index contributed by atoms with van der Waals surface area (Å²) < 4.78 is 0. The second-order valence-electron chi connectivity index (χ2n) is 4.17. The number of unbranched alkanes of at least 4 members (excludes halogenated alkanes) is 5. The minimum atomic E-state index is 0.186. The Bertz CT molecular complexity index is 299. The molecule has 0 saturated heterocycles. The van der Waals surface area contributed by atoms with Crippen molar-refractivity contribution in [2.24, 2.45) is 0 Å². The van der Waals surface area contributed by atoms with E-state index >= 15 is 0 Å². The van der Waals surface area contributed by atoms with Crippen LogP contribution >= 0.6 is 0 Å². The molecule has 3 heteroatoms. The van der Waals surface area contributed by atoms with Crippen LogP contribution in [0.2, 0.25) is 0 Å². The smallest absolute Gasteiger partial charge is 0.169 e. The lowest BCUT2D eigenvalue weighted by molar-refractivity contribution is -0.207. The molecule has 0 heterocycles. The first kappa shape index (κ1) is 13.8. The standard InChI is InChI=1S/C14H22O3/c1-2-3-4-5-6-7-11-16-17-14-10-8-9-13(15)12-14/h8-10,12,15H,2-7,11H2,1H3. The van der Waals surface area contributed by atoms with Crippen molar-refractivity contribution in [2.75, 3.05) is 6.61 Å². The third-order valence-corrected chi connectivity index (χ3v) is 2.55. The Hall–Kier alpha value is -1.22. The summed E-state index contributed by atoms with van der Waals surface area (Å²) in [5.74, 6) is 0.724. The van der Waals surface area contributed by atoms with Gasteiger partial charge in [0.1, 0.15) is 5.75 Å². The first-order valence-corrected chi connectivity index (χ1v) is 6.41. The van der Waals surface area contributed by atoms with E-state index in [4.69, 9.17) is 9.78 Å². The summed E-state index contributed by atoms with van der Waals surface area (Å²) in [6.07, 6.45) is 7.37. The zero-order valence-electron chi connectivity index (χ0n) is 10.5. The Morgan fingerprint density at radius 2 is 1.82 bits per heavy atom. The number of phenolic OH excluding ortho intramolecular Hbond substituents is 1. The molecule has 0 aliphatic heterocycles. The Morgan fingerprint density at radius 3 is 2.59 bits per heavy atom. The van der Waals surface area contributed by atoms with Gasteiger partial charge in [0.2, 0.25) is 0 Å². The molecular formula is C14H22O3. The summed E-state index contributed by atoms with van der Waals surface area (Å²) in [6, 6.07) is 6.60. The second-order valence-corrected chi connectivity index (χ2v) is 4.17. The van der Waals surface area contributed by atoms with Crippen LogP contribution in [0.5, 0.6) is 11.5 Å². The maximum atomic E-state index is 9.20. The van der Waals surface area contributed by atoms with Gasteiger partial charge in [0.15, 0.2) is 5.75 Å². The average Bonchev–Trinajstić information content (AvgIpc) is 2.33. The highest BCUT2D eigenvalue weighted by atomic mass is 17.2. The third-order valence-electron chi connectivity index (χ3n) is 2.55. The minimum Gasteiger partial charge on any atom is -0.508 e. The Morgan fingerprint density at radius 1 is 1.06 bits per heavy atom. The number of hydrogen-bond acceptors (Lipinski definition) is 3. The van der Waals surface area contributed by atoms with Gasteiger partial charge in [-0.1, -0.05) is 45.1 Å². The number of rotatable bonds is 9. The zero-order chi connectivity index (χ0) is 12.3. The van der Waals surface area contributed by atoms with Crippen LogP contribution in [0.3, 0.4) is 0 Å². The molecule has 0 saturated carbocycles. The van der Waals surface area contributed by atoms with E-state index in [1.165, 1.54) is 38.2 Å². The monoisotopic (exact) mass is 238 g/mol. The number of hydrogen-bond donors (Lipinski definition) is 1. The summed E-state index contributed by atoms with van der Waals surface area (Å²) in [5, 5.41) is 9.20. The average molecular weight is 238 g/mol. The van der Waals surface area contributed by atoms with E-state index in [1.54, 1.807) is 18.2 Å². The molecule has 96 valence electrons. The fourth-order valence-corrected chi connectivity index (χ4v) is 1.59. The zero-order valence-corrected chi connectivity index (χ0v) is 10.5. The van der Waals surface area contributed by atoms with Crippen LogP contribution in [0.4, 0.5) is 0 Å². The van der Waals surface area contributed by atoms with Gasteiger partial charge in [-0.15, -0.1) is 0 Å². The van der Waals surface area contributed by atoms with Crippen molar-refractivity contribution in [1.29, 1.82) is 0 Å². The van der Waals surface area contributed by atoms with E-state index < -0.39 is 0 Å². The molecule has 1 aromatic carbocycles. The molecule has 0 bridgehead atoms. The highest BCUT2D eigenvalue weighted by molar-refractivity contribution is 5.31. The predicted molar refractivity (Wildman–Crippen MR) is 68.1 cm³/mol. The molecule has 3 nitrogen and oxygen atoms in total. The lowest BCUT2D eigenvalue weighted by Gasteiger charge is -2.05. The first-order chi connectivity index (χ1) is 8.33. The van der Waals surface area contributed by atoms with E-state index in [0.29, 0.717) is 12.4 Å². The SMILES string of the molecule is CCCCCCCCOOc1cccc(O)c1. The Labute approximate surface area is 103 Å². The molecule has 1 N–H and O–H groups in total. The summed E-state index contributed by atoms with van der Waals surface area (Å²) in [5.41, 5.74) is 0. The molecule has 0 spiro atoms. The highest BCUT2D eigenvalue weighted by Crippen LogP contribution is 2.17. The van der Waals surface area contributed by atoms with Crippen LogP contribution in [0.25, 0.3) is 0 Å². The summed E-state index contributed by atoms with van der Waals surface area (Å²) >= 11 is 0. The van der Waals surface area contributed by atoms with Crippen molar-refractivity contribution in [3.05, 3.63) is 24.3 Å². The molecule has 1 rings (SSSR count). The normalized spacial score (nSPS) is 10.4. The van der Waals surface area contributed by atoms with Crippen LogP contribution < -0.4 is 4.89 Å². The van der Waals surface area contributed by atoms with Gasteiger partial charge in [-0.25, -0.2) is 0 Å². The molecule has 0 aromatic heterocycles. The summed E-state index contributed by atoms with van der Waals surface area (Å²) in [6.45, 7) is 2.81. The van der Waals surface area contributed by atoms with Crippen molar-refractivity contribution in [2.45, 2.75) is 45.4 Å². The summed E-state index contributed by atoms with van der Waals surface area (Å²) in [7, 11) is 0. The van der Waals surface area contributed by atoms with Crippen molar-refractivity contribution in [3.8, 4) is 11.5 Å². The van der Waals surface area contributed by atoms with Gasteiger partial charge in [0.25, 0.3) is 0 Å². The maximum absolute atomic E-state index is 9.20. The molecule has 17 heavy (non-hydrogen) atoms. The lowest BCUT2D eigenvalue weighted by Crippen LogP contribution is -1.99. The van der Waals surface area contributed by atoms with Crippen molar-refractivity contribution >= 4 is 0 Å². The Balaban J connectivity index is 1.97. The van der Waals surface area contributed by atoms with E-state index in [-0.39, 0.29) is 5.75 Å². The van der Waals surface area contributed by atoms with Gasteiger partial charge < -0.3 is 9.99 Å². The van der Waals surface area contributed by atoms with Crippen molar-refractivity contribution in [1.82, 2.24) is 0 Å². The molecule has 0 radical (unpaired) electrons. The van der Waals surface area contributed by atoms with Gasteiger partial charge in [-0.3, -0.25) is 0 Å². The van der Waals surface area contributed by atoms with Crippen LogP contribution in [0, 0.1) is 0 Å². The fraction of sp³-hybridized carbons (Fsp3) is 0.571. The minimum absolute atomic E-state index is 0.186.